The molecule has 0 bridgehead atoms. The van der Waals surface area contributed by atoms with Gasteiger partial charge in [0.05, 0.1) is 4.90 Å². The van der Waals surface area contributed by atoms with E-state index in [2.05, 4.69) is 4.72 Å². The molecule has 2 aromatic carbocycles. The van der Waals surface area contributed by atoms with E-state index in [0.717, 1.165) is 5.56 Å². The minimum Gasteiger partial charge on any atom is -0.345 e. The number of carbonyl (C=O) groups is 1. The monoisotopic (exact) mass is 318 g/mol. The maximum absolute atomic E-state index is 12.3. The van der Waals surface area contributed by atoms with E-state index in [1.54, 1.807) is 26.2 Å². The molecule has 2 rings (SSSR count). The van der Waals surface area contributed by atoms with Gasteiger partial charge in [-0.25, -0.2) is 13.1 Å². The molecule has 0 radical (unpaired) electrons. The van der Waals surface area contributed by atoms with Crippen LogP contribution in [0.25, 0.3) is 0 Å². The van der Waals surface area contributed by atoms with Crippen LogP contribution in [-0.2, 0) is 16.6 Å². The Bertz CT molecular complexity index is 756. The first-order valence-electron chi connectivity index (χ1n) is 6.75. The summed E-state index contributed by atoms with van der Waals surface area (Å²) in [4.78, 5) is 13.4. The first kappa shape index (κ1) is 16.2. The van der Waals surface area contributed by atoms with E-state index in [-0.39, 0.29) is 17.3 Å². The highest BCUT2D eigenvalue weighted by Crippen LogP contribution is 2.13. The first-order chi connectivity index (χ1) is 10.4. The summed E-state index contributed by atoms with van der Waals surface area (Å²) in [5.41, 5.74) is 1.21. The smallest absolute Gasteiger partial charge is 0.253 e. The molecule has 0 saturated heterocycles. The molecule has 0 aromatic heterocycles. The van der Waals surface area contributed by atoms with E-state index in [1.807, 2.05) is 30.3 Å². The number of sulfonamides is 1. The molecule has 0 heterocycles. The SMILES string of the molecule is CN(C)C(=O)c1cccc(S(=O)(=O)NCc2ccccc2)c1. The molecule has 0 aliphatic heterocycles. The Balaban J connectivity index is 2.19. The van der Waals surface area contributed by atoms with Crippen molar-refractivity contribution in [3.63, 3.8) is 0 Å². The van der Waals surface area contributed by atoms with E-state index in [9.17, 15) is 13.2 Å². The molecule has 22 heavy (non-hydrogen) atoms. The minimum absolute atomic E-state index is 0.0798. The van der Waals surface area contributed by atoms with Crippen LogP contribution < -0.4 is 4.72 Å². The average molecular weight is 318 g/mol. The van der Waals surface area contributed by atoms with Gasteiger partial charge in [0, 0.05) is 26.2 Å². The fourth-order valence-electron chi connectivity index (χ4n) is 1.91. The summed E-state index contributed by atoms with van der Waals surface area (Å²) in [7, 11) is -0.417. The number of amides is 1. The maximum atomic E-state index is 12.3. The lowest BCUT2D eigenvalue weighted by atomic mass is 10.2. The van der Waals surface area contributed by atoms with Crippen molar-refractivity contribution in [2.45, 2.75) is 11.4 Å². The molecule has 6 heteroatoms. The molecule has 0 aliphatic rings. The summed E-state index contributed by atoms with van der Waals surface area (Å²) in [5, 5.41) is 0. The molecular weight excluding hydrogens is 300 g/mol. The van der Waals surface area contributed by atoms with Crippen LogP contribution in [0.15, 0.2) is 59.5 Å². The first-order valence-corrected chi connectivity index (χ1v) is 8.24. The fourth-order valence-corrected chi connectivity index (χ4v) is 2.98. The Hall–Kier alpha value is -2.18. The van der Waals surface area contributed by atoms with Gasteiger partial charge in [-0.05, 0) is 23.8 Å². The van der Waals surface area contributed by atoms with Gasteiger partial charge in [-0.15, -0.1) is 0 Å². The Morgan fingerprint density at radius 1 is 1.05 bits per heavy atom. The lowest BCUT2D eigenvalue weighted by Gasteiger charge is -2.12. The van der Waals surface area contributed by atoms with Crippen LogP contribution in [0, 0.1) is 0 Å². The molecule has 1 amide bonds. The van der Waals surface area contributed by atoms with E-state index >= 15 is 0 Å². The van der Waals surface area contributed by atoms with E-state index in [0.29, 0.717) is 5.56 Å². The van der Waals surface area contributed by atoms with Gasteiger partial charge >= 0.3 is 0 Å². The quantitative estimate of drug-likeness (QED) is 0.915. The highest BCUT2D eigenvalue weighted by molar-refractivity contribution is 7.89. The summed E-state index contributed by atoms with van der Waals surface area (Å²) < 4.78 is 27.2. The number of rotatable bonds is 5. The predicted molar refractivity (Wildman–Crippen MR) is 84.9 cm³/mol. The van der Waals surface area contributed by atoms with Crippen molar-refractivity contribution in [3.8, 4) is 0 Å². The van der Waals surface area contributed by atoms with Gasteiger partial charge in [0.15, 0.2) is 0 Å². The third-order valence-electron chi connectivity index (χ3n) is 3.11. The number of nitrogens with one attached hydrogen (secondary N) is 1. The Morgan fingerprint density at radius 3 is 2.36 bits per heavy atom. The van der Waals surface area contributed by atoms with Crippen molar-refractivity contribution in [2.75, 3.05) is 14.1 Å². The van der Waals surface area contributed by atoms with Crippen LogP contribution in [0.2, 0.25) is 0 Å². The van der Waals surface area contributed by atoms with Crippen LogP contribution in [0.1, 0.15) is 15.9 Å². The van der Waals surface area contributed by atoms with Gasteiger partial charge in [0.2, 0.25) is 10.0 Å². The molecule has 0 saturated carbocycles. The van der Waals surface area contributed by atoms with Crippen molar-refractivity contribution >= 4 is 15.9 Å². The molecule has 0 aliphatic carbocycles. The minimum atomic E-state index is -3.66. The third kappa shape index (κ3) is 3.93. The van der Waals surface area contributed by atoms with E-state index in [1.165, 1.54) is 17.0 Å². The number of benzene rings is 2. The van der Waals surface area contributed by atoms with Gasteiger partial charge in [0.1, 0.15) is 0 Å². The Morgan fingerprint density at radius 2 is 1.73 bits per heavy atom. The summed E-state index contributed by atoms with van der Waals surface area (Å²) in [6.07, 6.45) is 0. The number of carbonyl (C=O) groups excluding carboxylic acids is 1. The van der Waals surface area contributed by atoms with Gasteiger partial charge in [-0.2, -0.15) is 0 Å². The molecule has 0 fully saturated rings. The number of nitrogens with zero attached hydrogens (tertiary/aromatic N) is 1. The van der Waals surface area contributed by atoms with Crippen molar-refractivity contribution < 1.29 is 13.2 Å². The molecule has 1 N–H and O–H groups in total. The van der Waals surface area contributed by atoms with Crippen molar-refractivity contribution in [1.29, 1.82) is 0 Å². The fraction of sp³-hybridized carbons (Fsp3) is 0.188. The lowest BCUT2D eigenvalue weighted by molar-refractivity contribution is 0.0827. The molecular formula is C16H18N2O3S. The second kappa shape index (κ2) is 6.72. The average Bonchev–Trinajstić information content (AvgIpc) is 2.53. The zero-order valence-electron chi connectivity index (χ0n) is 12.5. The van der Waals surface area contributed by atoms with Crippen molar-refractivity contribution in [2.24, 2.45) is 0 Å². The summed E-state index contributed by atoms with van der Waals surface area (Å²) in [6.45, 7) is 0.203. The molecule has 0 atom stereocenters. The van der Waals surface area contributed by atoms with E-state index < -0.39 is 10.0 Å². The topological polar surface area (TPSA) is 66.5 Å². The highest BCUT2D eigenvalue weighted by Gasteiger charge is 2.16. The molecule has 0 spiro atoms. The maximum Gasteiger partial charge on any atom is 0.253 e. The van der Waals surface area contributed by atoms with Crippen molar-refractivity contribution in [1.82, 2.24) is 9.62 Å². The molecule has 2 aromatic rings. The van der Waals surface area contributed by atoms with Crippen LogP contribution in [0.4, 0.5) is 0 Å². The summed E-state index contributed by atoms with van der Waals surface area (Å²) in [5.74, 6) is -0.236. The lowest BCUT2D eigenvalue weighted by Crippen LogP contribution is -2.25. The third-order valence-corrected chi connectivity index (χ3v) is 4.51. The predicted octanol–water partition coefficient (Wildman–Crippen LogP) is 1.87. The number of hydrogen-bond donors (Lipinski definition) is 1. The highest BCUT2D eigenvalue weighted by atomic mass is 32.2. The normalized spacial score (nSPS) is 11.2. The van der Waals surface area contributed by atoms with Crippen LogP contribution in [0.5, 0.6) is 0 Å². The zero-order valence-corrected chi connectivity index (χ0v) is 13.3. The van der Waals surface area contributed by atoms with Gasteiger partial charge in [0.25, 0.3) is 5.91 Å². The Kier molecular flexibility index (Phi) is 4.95. The van der Waals surface area contributed by atoms with Gasteiger partial charge < -0.3 is 4.90 Å². The molecule has 0 unspecified atom stereocenters. The largest absolute Gasteiger partial charge is 0.345 e. The number of hydrogen-bond acceptors (Lipinski definition) is 3. The Labute approximate surface area is 130 Å². The second-order valence-corrected chi connectivity index (χ2v) is 6.80. The van der Waals surface area contributed by atoms with Crippen molar-refractivity contribution in [3.05, 3.63) is 65.7 Å². The standard InChI is InChI=1S/C16H18N2O3S/c1-18(2)16(19)14-9-6-10-15(11-14)22(20,21)17-12-13-7-4-3-5-8-13/h3-11,17H,12H2,1-2H3. The summed E-state index contributed by atoms with van der Waals surface area (Å²) in [6, 6.07) is 15.3. The molecule has 5 nitrogen and oxygen atoms in total. The van der Waals surface area contributed by atoms with Crippen LogP contribution in [-0.4, -0.2) is 33.3 Å². The molecule has 116 valence electrons. The van der Waals surface area contributed by atoms with E-state index in [4.69, 9.17) is 0 Å². The zero-order chi connectivity index (χ0) is 16.2. The van der Waals surface area contributed by atoms with Gasteiger partial charge in [-0.3, -0.25) is 4.79 Å². The summed E-state index contributed by atoms with van der Waals surface area (Å²) >= 11 is 0. The van der Waals surface area contributed by atoms with Crippen LogP contribution >= 0.6 is 0 Å². The second-order valence-electron chi connectivity index (χ2n) is 5.04. The van der Waals surface area contributed by atoms with Gasteiger partial charge in [-0.1, -0.05) is 36.4 Å². The van der Waals surface area contributed by atoms with Crippen LogP contribution in [0.3, 0.4) is 0 Å².